The molecule has 0 aliphatic rings. The summed E-state index contributed by atoms with van der Waals surface area (Å²) in [6, 6.07) is 5.92. The molecule has 1 aromatic heterocycles. The molecule has 2 N–H and O–H groups in total. The maximum Gasteiger partial charge on any atom is 0.258 e. The van der Waals surface area contributed by atoms with E-state index in [1.165, 1.54) is 0 Å². The maximum absolute atomic E-state index is 12.3. The molecule has 2 rings (SSSR count). The first-order valence-electron chi connectivity index (χ1n) is 5.96. The van der Waals surface area contributed by atoms with Gasteiger partial charge in [-0.2, -0.15) is 0 Å². The van der Waals surface area contributed by atoms with E-state index in [0.717, 1.165) is 17.4 Å². The lowest BCUT2D eigenvalue weighted by molar-refractivity contribution is 0.517. The van der Waals surface area contributed by atoms with Crippen molar-refractivity contribution in [2.45, 2.75) is 33.2 Å². The van der Waals surface area contributed by atoms with Gasteiger partial charge < -0.3 is 10.3 Å². The second kappa shape index (κ2) is 4.24. The van der Waals surface area contributed by atoms with Crippen molar-refractivity contribution >= 4 is 16.5 Å². The van der Waals surface area contributed by atoms with Crippen molar-refractivity contribution in [2.75, 3.05) is 5.73 Å². The summed E-state index contributed by atoms with van der Waals surface area (Å²) in [4.78, 5) is 12.3. The van der Waals surface area contributed by atoms with E-state index in [-0.39, 0.29) is 11.6 Å². The van der Waals surface area contributed by atoms with Gasteiger partial charge in [0.2, 0.25) is 0 Å². The Labute approximate surface area is 101 Å². The molecule has 2 aromatic rings. The number of aromatic nitrogens is 1. The number of pyridine rings is 1. The number of hydrogen-bond donors (Lipinski definition) is 1. The lowest BCUT2D eigenvalue weighted by Crippen LogP contribution is -2.22. The van der Waals surface area contributed by atoms with E-state index in [2.05, 4.69) is 6.92 Å². The van der Waals surface area contributed by atoms with E-state index in [0.29, 0.717) is 11.1 Å². The topological polar surface area (TPSA) is 48.0 Å². The van der Waals surface area contributed by atoms with Crippen LogP contribution in [0.4, 0.5) is 5.69 Å². The van der Waals surface area contributed by atoms with Crippen molar-refractivity contribution in [1.29, 1.82) is 0 Å². The van der Waals surface area contributed by atoms with Gasteiger partial charge >= 0.3 is 0 Å². The highest BCUT2D eigenvalue weighted by atomic mass is 16.1. The van der Waals surface area contributed by atoms with Crippen LogP contribution in [0.5, 0.6) is 0 Å². The number of nitrogens with two attached hydrogens (primary N) is 1. The standard InChI is InChI=1S/C14H18N2O/c1-4-10(3)16-8-7-11-12(14(16)17)6-5-9(2)13(11)15/h5-8,10H,4,15H2,1-3H3/t10-/m1/s1. The Morgan fingerprint density at radius 2 is 2.00 bits per heavy atom. The van der Waals surface area contributed by atoms with Crippen LogP contribution in [0.1, 0.15) is 31.9 Å². The highest BCUT2D eigenvalue weighted by molar-refractivity contribution is 5.93. The number of aryl methyl sites for hydroxylation is 1. The normalized spacial score (nSPS) is 12.9. The minimum Gasteiger partial charge on any atom is -0.398 e. The van der Waals surface area contributed by atoms with Crippen molar-refractivity contribution < 1.29 is 0 Å². The first kappa shape index (κ1) is 11.7. The van der Waals surface area contributed by atoms with Crippen LogP contribution < -0.4 is 11.3 Å². The van der Waals surface area contributed by atoms with E-state index >= 15 is 0 Å². The fraction of sp³-hybridized carbons (Fsp3) is 0.357. The molecule has 3 heteroatoms. The Morgan fingerprint density at radius 1 is 1.29 bits per heavy atom. The molecule has 0 saturated heterocycles. The Bertz CT molecular complexity index is 613. The average Bonchev–Trinajstić information content (AvgIpc) is 2.33. The monoisotopic (exact) mass is 230 g/mol. The molecule has 1 aromatic carbocycles. The summed E-state index contributed by atoms with van der Waals surface area (Å²) in [6.07, 6.45) is 2.78. The highest BCUT2D eigenvalue weighted by Gasteiger charge is 2.09. The van der Waals surface area contributed by atoms with E-state index in [1.807, 2.05) is 38.2 Å². The Kier molecular flexibility index (Phi) is 2.92. The quantitative estimate of drug-likeness (QED) is 0.806. The molecule has 0 aliphatic heterocycles. The zero-order valence-electron chi connectivity index (χ0n) is 10.5. The number of nitrogens with zero attached hydrogens (tertiary/aromatic N) is 1. The summed E-state index contributed by atoms with van der Waals surface area (Å²) in [5, 5.41) is 1.56. The Hall–Kier alpha value is -1.77. The van der Waals surface area contributed by atoms with Crippen molar-refractivity contribution in [3.63, 3.8) is 0 Å². The molecule has 0 aliphatic carbocycles. The summed E-state index contributed by atoms with van der Waals surface area (Å²) in [5.41, 5.74) is 7.76. The third kappa shape index (κ3) is 1.82. The van der Waals surface area contributed by atoms with E-state index in [1.54, 1.807) is 4.57 Å². The average molecular weight is 230 g/mol. The molecule has 0 spiro atoms. The third-order valence-corrected chi connectivity index (χ3v) is 3.44. The largest absolute Gasteiger partial charge is 0.398 e. The fourth-order valence-corrected chi connectivity index (χ4v) is 2.02. The van der Waals surface area contributed by atoms with Crippen molar-refractivity contribution in [1.82, 2.24) is 4.57 Å². The molecule has 17 heavy (non-hydrogen) atoms. The molecule has 0 unspecified atom stereocenters. The van der Waals surface area contributed by atoms with Gasteiger partial charge in [-0.3, -0.25) is 4.79 Å². The lowest BCUT2D eigenvalue weighted by Gasteiger charge is -2.14. The summed E-state index contributed by atoms with van der Waals surface area (Å²) in [5.74, 6) is 0. The van der Waals surface area contributed by atoms with Crippen LogP contribution in [0.2, 0.25) is 0 Å². The van der Waals surface area contributed by atoms with Gasteiger partial charge in [0.25, 0.3) is 5.56 Å². The molecule has 3 nitrogen and oxygen atoms in total. The van der Waals surface area contributed by atoms with Crippen LogP contribution in [0.25, 0.3) is 10.8 Å². The van der Waals surface area contributed by atoms with Gasteiger partial charge in [-0.15, -0.1) is 0 Å². The predicted molar refractivity (Wildman–Crippen MR) is 72.4 cm³/mol. The minimum absolute atomic E-state index is 0.0450. The van der Waals surface area contributed by atoms with Crippen LogP contribution in [0.3, 0.4) is 0 Å². The number of hydrogen-bond acceptors (Lipinski definition) is 2. The van der Waals surface area contributed by atoms with E-state index < -0.39 is 0 Å². The summed E-state index contributed by atoms with van der Waals surface area (Å²) < 4.78 is 1.77. The van der Waals surface area contributed by atoms with Gasteiger partial charge in [0.1, 0.15) is 0 Å². The molecule has 0 saturated carbocycles. The van der Waals surface area contributed by atoms with Crippen molar-refractivity contribution in [3.05, 3.63) is 40.3 Å². The molecule has 0 fully saturated rings. The first-order chi connectivity index (χ1) is 8.06. The second-order valence-corrected chi connectivity index (χ2v) is 4.54. The fourth-order valence-electron chi connectivity index (χ4n) is 2.02. The number of anilines is 1. The van der Waals surface area contributed by atoms with Gasteiger partial charge in [0.15, 0.2) is 0 Å². The van der Waals surface area contributed by atoms with Gasteiger partial charge in [-0.1, -0.05) is 13.0 Å². The second-order valence-electron chi connectivity index (χ2n) is 4.54. The molecular formula is C14H18N2O. The minimum atomic E-state index is 0.0450. The molecule has 0 radical (unpaired) electrons. The van der Waals surface area contributed by atoms with Gasteiger partial charge in [0, 0.05) is 28.7 Å². The number of rotatable bonds is 2. The molecule has 1 heterocycles. The smallest absolute Gasteiger partial charge is 0.258 e. The van der Waals surface area contributed by atoms with E-state index in [4.69, 9.17) is 5.73 Å². The number of nitrogen functional groups attached to an aromatic ring is 1. The number of benzene rings is 1. The van der Waals surface area contributed by atoms with Crippen LogP contribution in [0, 0.1) is 6.92 Å². The highest BCUT2D eigenvalue weighted by Crippen LogP contribution is 2.22. The summed E-state index contributed by atoms with van der Waals surface area (Å²) in [7, 11) is 0. The molecule has 0 bridgehead atoms. The van der Waals surface area contributed by atoms with Gasteiger partial charge in [-0.05, 0) is 38.0 Å². The SMILES string of the molecule is CC[C@@H](C)n1ccc2c(N)c(C)ccc2c1=O. The zero-order valence-corrected chi connectivity index (χ0v) is 10.5. The van der Waals surface area contributed by atoms with Gasteiger partial charge in [-0.25, -0.2) is 0 Å². The van der Waals surface area contributed by atoms with Crippen LogP contribution >= 0.6 is 0 Å². The molecule has 0 amide bonds. The van der Waals surface area contributed by atoms with Crippen LogP contribution in [-0.4, -0.2) is 4.57 Å². The van der Waals surface area contributed by atoms with Crippen molar-refractivity contribution in [2.24, 2.45) is 0 Å². The summed E-state index contributed by atoms with van der Waals surface area (Å²) in [6.45, 7) is 6.07. The van der Waals surface area contributed by atoms with Crippen molar-refractivity contribution in [3.8, 4) is 0 Å². The molecular weight excluding hydrogens is 212 g/mol. The Balaban J connectivity index is 2.78. The summed E-state index contributed by atoms with van der Waals surface area (Å²) >= 11 is 0. The predicted octanol–water partition coefficient (Wildman–Crippen LogP) is 2.86. The van der Waals surface area contributed by atoms with Crippen LogP contribution in [-0.2, 0) is 0 Å². The maximum atomic E-state index is 12.3. The first-order valence-corrected chi connectivity index (χ1v) is 5.96. The third-order valence-electron chi connectivity index (χ3n) is 3.44. The zero-order chi connectivity index (χ0) is 12.6. The number of fused-ring (bicyclic) bond motifs is 1. The lowest BCUT2D eigenvalue weighted by atomic mass is 10.1. The Morgan fingerprint density at radius 3 is 2.65 bits per heavy atom. The molecule has 1 atom stereocenters. The molecule has 90 valence electrons. The van der Waals surface area contributed by atoms with Crippen LogP contribution in [0.15, 0.2) is 29.2 Å². The van der Waals surface area contributed by atoms with Gasteiger partial charge in [0.05, 0.1) is 0 Å². The van der Waals surface area contributed by atoms with E-state index in [9.17, 15) is 4.79 Å².